The lowest BCUT2D eigenvalue weighted by atomic mass is 9.70. The number of hydrogen-bond donors (Lipinski definition) is 3. The largest absolute Gasteiger partial charge is 0.394 e. The second kappa shape index (κ2) is 10.1. The summed E-state index contributed by atoms with van der Waals surface area (Å²) in [5, 5.41) is 16.9. The summed E-state index contributed by atoms with van der Waals surface area (Å²) in [6, 6.07) is 5.62. The number of amides is 3. The molecule has 3 heterocycles. The lowest BCUT2D eigenvalue weighted by Crippen LogP contribution is -2.56. The lowest BCUT2D eigenvalue weighted by molar-refractivity contribution is -0.143. The van der Waals surface area contributed by atoms with E-state index in [2.05, 4.69) is 10.6 Å². The minimum Gasteiger partial charge on any atom is -0.394 e. The third-order valence-corrected chi connectivity index (χ3v) is 10.00. The van der Waals surface area contributed by atoms with Gasteiger partial charge in [-0.15, -0.1) is 11.8 Å². The molecule has 1 aromatic rings. The van der Waals surface area contributed by atoms with Crippen LogP contribution in [0, 0.1) is 17.8 Å². The minimum atomic E-state index is -0.759. The molecular weight excluding hydrogens is 474 g/mol. The molecule has 3 amide bonds. The van der Waals surface area contributed by atoms with Crippen LogP contribution < -0.4 is 10.6 Å². The summed E-state index contributed by atoms with van der Waals surface area (Å²) in [5.74, 6) is -1.56. The van der Waals surface area contributed by atoms with Crippen LogP contribution in [0.1, 0.15) is 46.5 Å². The van der Waals surface area contributed by atoms with Gasteiger partial charge in [-0.05, 0) is 49.4 Å². The predicted octanol–water partition coefficient (Wildman–Crippen LogP) is 3.30. The standard InChI is InChI=1S/C25H34ClN3O4S/c1-4-12-27-22(31)19-18-10-11-25(34-18)20(19)24(33)29(17(13-30)14(3)5-2)21(25)23(32)28-16-8-6-15(26)7-9-16/h6-9,14,17-21,30H,4-5,10-13H2,1-3H3,(H,27,31)(H,28,32)/t14-,17-,18-,19+,20-,21?,25?/m0/s1. The van der Waals surface area contributed by atoms with Gasteiger partial charge >= 0.3 is 0 Å². The molecule has 2 unspecified atom stereocenters. The Morgan fingerprint density at radius 2 is 1.97 bits per heavy atom. The molecule has 3 saturated heterocycles. The van der Waals surface area contributed by atoms with E-state index in [1.165, 1.54) is 0 Å². The molecule has 0 saturated carbocycles. The highest BCUT2D eigenvalue weighted by Crippen LogP contribution is 2.66. The number of nitrogens with one attached hydrogen (secondary N) is 2. The molecule has 0 radical (unpaired) electrons. The quantitative estimate of drug-likeness (QED) is 0.476. The van der Waals surface area contributed by atoms with Gasteiger partial charge in [-0.1, -0.05) is 38.8 Å². The van der Waals surface area contributed by atoms with Crippen molar-refractivity contribution >= 4 is 46.8 Å². The maximum atomic E-state index is 14.0. The second-order valence-electron chi connectivity index (χ2n) is 9.72. The number of aliphatic hydroxyl groups is 1. The molecule has 9 heteroatoms. The lowest BCUT2D eigenvalue weighted by Gasteiger charge is -2.39. The van der Waals surface area contributed by atoms with E-state index in [4.69, 9.17) is 11.6 Å². The number of nitrogens with zero attached hydrogens (tertiary/aromatic N) is 1. The van der Waals surface area contributed by atoms with Crippen molar-refractivity contribution in [3.63, 3.8) is 0 Å². The first-order chi connectivity index (χ1) is 16.3. The Balaban J connectivity index is 1.73. The van der Waals surface area contributed by atoms with Gasteiger partial charge in [-0.25, -0.2) is 0 Å². The van der Waals surface area contributed by atoms with Crippen molar-refractivity contribution in [2.45, 2.75) is 68.5 Å². The van der Waals surface area contributed by atoms with Crippen LogP contribution >= 0.6 is 23.4 Å². The zero-order valence-corrected chi connectivity index (χ0v) is 21.5. The molecule has 1 aromatic carbocycles. The monoisotopic (exact) mass is 507 g/mol. The van der Waals surface area contributed by atoms with Gasteiger partial charge in [0.05, 0.1) is 29.2 Å². The summed E-state index contributed by atoms with van der Waals surface area (Å²) in [6.45, 7) is 6.34. The van der Waals surface area contributed by atoms with Crippen LogP contribution in [-0.4, -0.2) is 63.0 Å². The fourth-order valence-corrected chi connectivity index (χ4v) is 8.30. The van der Waals surface area contributed by atoms with Crippen LogP contribution in [0.25, 0.3) is 0 Å². The first kappa shape index (κ1) is 25.3. The van der Waals surface area contributed by atoms with E-state index in [0.29, 0.717) is 23.7 Å². The number of carbonyl (C=O) groups is 3. The Morgan fingerprint density at radius 1 is 1.26 bits per heavy atom. The summed E-state index contributed by atoms with van der Waals surface area (Å²) >= 11 is 7.64. The molecule has 186 valence electrons. The van der Waals surface area contributed by atoms with E-state index in [9.17, 15) is 19.5 Å². The van der Waals surface area contributed by atoms with Crippen LogP contribution in [-0.2, 0) is 14.4 Å². The van der Waals surface area contributed by atoms with E-state index in [1.807, 2.05) is 20.8 Å². The first-order valence-corrected chi connectivity index (χ1v) is 13.5. The van der Waals surface area contributed by atoms with Crippen molar-refractivity contribution in [2.24, 2.45) is 17.8 Å². The predicted molar refractivity (Wildman–Crippen MR) is 135 cm³/mol. The van der Waals surface area contributed by atoms with Crippen molar-refractivity contribution in [3.8, 4) is 0 Å². The number of rotatable bonds is 9. The Labute approximate surface area is 210 Å². The zero-order valence-electron chi connectivity index (χ0n) is 19.9. The summed E-state index contributed by atoms with van der Waals surface area (Å²) in [6.07, 6.45) is 3.07. The molecule has 3 fully saturated rings. The number of benzene rings is 1. The van der Waals surface area contributed by atoms with Crippen LogP contribution in [0.15, 0.2) is 24.3 Å². The van der Waals surface area contributed by atoms with E-state index in [1.54, 1.807) is 40.9 Å². The topological polar surface area (TPSA) is 98.7 Å². The van der Waals surface area contributed by atoms with Crippen LogP contribution in [0.4, 0.5) is 5.69 Å². The van der Waals surface area contributed by atoms with Gasteiger partial charge in [0.15, 0.2) is 0 Å². The Bertz CT molecular complexity index is 945. The highest BCUT2D eigenvalue weighted by atomic mass is 35.5. The number of carbonyl (C=O) groups excluding carboxylic acids is 3. The van der Waals surface area contributed by atoms with Gasteiger partial charge in [0.25, 0.3) is 0 Å². The smallest absolute Gasteiger partial charge is 0.248 e. The summed E-state index contributed by atoms with van der Waals surface area (Å²) in [7, 11) is 0. The highest BCUT2D eigenvalue weighted by Gasteiger charge is 2.74. The van der Waals surface area contributed by atoms with Crippen molar-refractivity contribution in [3.05, 3.63) is 29.3 Å². The number of likely N-dealkylation sites (tertiary alicyclic amines) is 1. The molecule has 3 aliphatic heterocycles. The molecular formula is C25H34ClN3O4S. The molecule has 3 N–H and O–H groups in total. The molecule has 2 bridgehead atoms. The Morgan fingerprint density at radius 3 is 2.59 bits per heavy atom. The number of aliphatic hydroxyl groups excluding tert-OH is 1. The van der Waals surface area contributed by atoms with E-state index < -0.39 is 28.7 Å². The molecule has 7 atom stereocenters. The first-order valence-electron chi connectivity index (χ1n) is 12.2. The van der Waals surface area contributed by atoms with Crippen molar-refractivity contribution < 1.29 is 19.5 Å². The third-order valence-electron chi connectivity index (χ3n) is 7.80. The van der Waals surface area contributed by atoms with Gasteiger partial charge in [0.1, 0.15) is 6.04 Å². The van der Waals surface area contributed by atoms with Crippen LogP contribution in [0.3, 0.4) is 0 Å². The van der Waals surface area contributed by atoms with Gasteiger partial charge in [-0.2, -0.15) is 0 Å². The zero-order chi connectivity index (χ0) is 24.6. The van der Waals surface area contributed by atoms with E-state index in [0.717, 1.165) is 19.3 Å². The number of halogens is 1. The highest BCUT2D eigenvalue weighted by molar-refractivity contribution is 8.02. The summed E-state index contributed by atoms with van der Waals surface area (Å²) < 4.78 is -0.673. The molecule has 7 nitrogen and oxygen atoms in total. The van der Waals surface area contributed by atoms with Crippen molar-refractivity contribution in [2.75, 3.05) is 18.5 Å². The number of anilines is 1. The average molecular weight is 508 g/mol. The van der Waals surface area contributed by atoms with Gasteiger partial charge in [0, 0.05) is 22.5 Å². The molecule has 3 aliphatic rings. The minimum absolute atomic E-state index is 0.00424. The fourth-order valence-electron chi connectivity index (χ4n) is 5.97. The number of thioether (sulfide) groups is 1. The SMILES string of the molecule is CCCNC(=O)[C@@H]1[C@@H]2CCC3(S2)C(C(=O)Nc2ccc(Cl)cc2)N([C@@H](CO)[C@@H](C)CC)C(=O)[C@H]13. The average Bonchev–Trinajstić information content (AvgIpc) is 3.47. The molecule has 0 aliphatic carbocycles. The summed E-state index contributed by atoms with van der Waals surface area (Å²) in [4.78, 5) is 42.6. The maximum Gasteiger partial charge on any atom is 0.248 e. The number of fused-ring (bicyclic) bond motifs is 1. The molecule has 1 spiro atoms. The molecule has 4 rings (SSSR count). The maximum absolute atomic E-state index is 14.0. The van der Waals surface area contributed by atoms with Gasteiger partial charge in [0.2, 0.25) is 17.7 Å². The van der Waals surface area contributed by atoms with E-state index in [-0.39, 0.29) is 35.5 Å². The Kier molecular flexibility index (Phi) is 7.50. The van der Waals surface area contributed by atoms with Crippen molar-refractivity contribution in [1.29, 1.82) is 0 Å². The van der Waals surface area contributed by atoms with Crippen LogP contribution in [0.5, 0.6) is 0 Å². The van der Waals surface area contributed by atoms with Gasteiger partial charge < -0.3 is 20.6 Å². The normalized spacial score (nSPS) is 31.3. The molecule has 0 aromatic heterocycles. The molecule has 34 heavy (non-hydrogen) atoms. The number of hydrogen-bond acceptors (Lipinski definition) is 5. The summed E-state index contributed by atoms with van der Waals surface area (Å²) in [5.41, 5.74) is 0.598. The van der Waals surface area contributed by atoms with Gasteiger partial charge in [-0.3, -0.25) is 14.4 Å². The van der Waals surface area contributed by atoms with Crippen LogP contribution in [0.2, 0.25) is 5.02 Å². The van der Waals surface area contributed by atoms with E-state index >= 15 is 0 Å². The second-order valence-corrected chi connectivity index (χ2v) is 11.8. The third kappa shape index (κ3) is 4.11. The fraction of sp³-hybridized carbons (Fsp3) is 0.640. The van der Waals surface area contributed by atoms with Crippen molar-refractivity contribution in [1.82, 2.24) is 10.2 Å². The Hall–Kier alpha value is -1.77.